The van der Waals surface area contributed by atoms with Gasteiger partial charge in [0.2, 0.25) is 5.91 Å². The van der Waals surface area contributed by atoms with Gasteiger partial charge in [0.05, 0.1) is 5.92 Å². The second kappa shape index (κ2) is 9.43. The Labute approximate surface area is 142 Å². The Morgan fingerprint density at radius 2 is 2.18 bits per heavy atom. The van der Waals surface area contributed by atoms with Crippen LogP contribution in [0.1, 0.15) is 24.8 Å². The third-order valence-electron chi connectivity index (χ3n) is 3.94. The molecule has 1 unspecified atom stereocenters. The van der Waals surface area contributed by atoms with E-state index < -0.39 is 0 Å². The number of nitrogens with zero attached hydrogens (tertiary/aromatic N) is 1. The van der Waals surface area contributed by atoms with E-state index in [-0.39, 0.29) is 11.8 Å². The summed E-state index contributed by atoms with van der Waals surface area (Å²) in [5, 5.41) is 3.86. The van der Waals surface area contributed by atoms with Crippen molar-refractivity contribution >= 4 is 29.3 Å². The molecule has 0 spiro atoms. The fraction of sp³-hybridized carbons (Fsp3) is 0.588. The lowest BCUT2D eigenvalue weighted by Gasteiger charge is -2.28. The monoisotopic (exact) mass is 340 g/mol. The molecule has 1 N–H and O–H groups in total. The van der Waals surface area contributed by atoms with Crippen molar-refractivity contribution in [1.29, 1.82) is 0 Å². The van der Waals surface area contributed by atoms with Crippen LogP contribution in [0.3, 0.4) is 0 Å². The van der Waals surface area contributed by atoms with E-state index in [1.165, 1.54) is 5.56 Å². The second-order valence-electron chi connectivity index (χ2n) is 5.93. The molecule has 122 valence electrons. The fourth-order valence-corrected chi connectivity index (χ4v) is 3.73. The number of hydrogen-bond acceptors (Lipinski definition) is 3. The molecule has 0 bridgehead atoms. The quantitative estimate of drug-likeness (QED) is 0.772. The number of piperidine rings is 1. The summed E-state index contributed by atoms with van der Waals surface area (Å²) in [6, 6.07) is 7.99. The van der Waals surface area contributed by atoms with Crippen molar-refractivity contribution < 1.29 is 4.79 Å². The predicted octanol–water partition coefficient (Wildman–Crippen LogP) is 3.42. The van der Waals surface area contributed by atoms with E-state index in [1.807, 2.05) is 23.9 Å². The first kappa shape index (κ1) is 17.6. The van der Waals surface area contributed by atoms with Crippen LogP contribution >= 0.6 is 23.4 Å². The number of halogens is 1. The first-order chi connectivity index (χ1) is 10.6. The average molecular weight is 341 g/mol. The van der Waals surface area contributed by atoms with Gasteiger partial charge in [-0.05, 0) is 56.3 Å². The zero-order valence-corrected chi connectivity index (χ0v) is 14.8. The largest absolute Gasteiger partial charge is 0.356 e. The van der Waals surface area contributed by atoms with Crippen LogP contribution in [0, 0.1) is 5.92 Å². The van der Waals surface area contributed by atoms with Crippen LogP contribution in [0.25, 0.3) is 0 Å². The highest BCUT2D eigenvalue weighted by atomic mass is 35.5. The molecule has 0 aliphatic carbocycles. The topological polar surface area (TPSA) is 32.3 Å². The van der Waals surface area contributed by atoms with E-state index >= 15 is 0 Å². The number of amides is 1. The lowest BCUT2D eigenvalue weighted by Crippen LogP contribution is -2.41. The number of benzene rings is 1. The summed E-state index contributed by atoms with van der Waals surface area (Å²) in [7, 11) is 2.09. The molecule has 2 rings (SSSR count). The van der Waals surface area contributed by atoms with E-state index in [4.69, 9.17) is 11.6 Å². The summed E-state index contributed by atoms with van der Waals surface area (Å²) in [5.74, 6) is 2.47. The number of hydrogen-bond donors (Lipinski definition) is 1. The first-order valence-corrected chi connectivity index (χ1v) is 9.47. The van der Waals surface area contributed by atoms with Crippen molar-refractivity contribution in [1.82, 2.24) is 10.2 Å². The fourth-order valence-electron chi connectivity index (χ4n) is 2.68. The molecule has 1 aliphatic heterocycles. The Morgan fingerprint density at radius 3 is 2.91 bits per heavy atom. The number of rotatable bonds is 7. The van der Waals surface area contributed by atoms with Crippen LogP contribution in [-0.4, -0.2) is 43.2 Å². The van der Waals surface area contributed by atoms with Gasteiger partial charge in [0.25, 0.3) is 0 Å². The Kier molecular flexibility index (Phi) is 7.56. The van der Waals surface area contributed by atoms with E-state index in [1.54, 1.807) is 0 Å². The Balaban J connectivity index is 1.53. The zero-order valence-electron chi connectivity index (χ0n) is 13.2. The zero-order chi connectivity index (χ0) is 15.8. The maximum absolute atomic E-state index is 12.1. The van der Waals surface area contributed by atoms with Gasteiger partial charge in [0.15, 0.2) is 0 Å². The number of nitrogens with one attached hydrogen (secondary N) is 1. The highest BCUT2D eigenvalue weighted by Gasteiger charge is 2.23. The van der Waals surface area contributed by atoms with E-state index in [9.17, 15) is 4.79 Å². The molecule has 1 aromatic rings. The standard InChI is InChI=1S/C17H25ClN2OS/c1-20-10-2-4-15(12-20)17(21)19-9-3-11-22-13-14-5-7-16(18)8-6-14/h5-8,15H,2-4,9-13H2,1H3,(H,19,21). The second-order valence-corrected chi connectivity index (χ2v) is 7.47. The molecule has 3 nitrogen and oxygen atoms in total. The van der Waals surface area contributed by atoms with Gasteiger partial charge >= 0.3 is 0 Å². The van der Waals surface area contributed by atoms with Crippen LogP contribution in [0.15, 0.2) is 24.3 Å². The highest BCUT2D eigenvalue weighted by Crippen LogP contribution is 2.16. The van der Waals surface area contributed by atoms with Crippen LogP contribution < -0.4 is 5.32 Å². The van der Waals surface area contributed by atoms with Gasteiger partial charge in [0.1, 0.15) is 0 Å². The van der Waals surface area contributed by atoms with Crippen molar-refractivity contribution in [2.24, 2.45) is 5.92 Å². The summed E-state index contributed by atoms with van der Waals surface area (Å²) < 4.78 is 0. The molecule has 0 radical (unpaired) electrons. The average Bonchev–Trinajstić information content (AvgIpc) is 2.52. The molecule has 0 aromatic heterocycles. The molecule has 1 saturated heterocycles. The Hall–Kier alpha value is -0.710. The van der Waals surface area contributed by atoms with Gasteiger partial charge in [-0.2, -0.15) is 11.8 Å². The van der Waals surface area contributed by atoms with Crippen LogP contribution in [0.4, 0.5) is 0 Å². The molecule has 1 aromatic carbocycles. The molecule has 1 fully saturated rings. The van der Waals surface area contributed by atoms with E-state index in [0.717, 1.165) is 55.4 Å². The maximum Gasteiger partial charge on any atom is 0.224 e. The van der Waals surface area contributed by atoms with Crippen molar-refractivity contribution in [3.8, 4) is 0 Å². The minimum atomic E-state index is 0.181. The minimum Gasteiger partial charge on any atom is -0.356 e. The van der Waals surface area contributed by atoms with Gasteiger partial charge in [-0.3, -0.25) is 4.79 Å². The molecule has 22 heavy (non-hydrogen) atoms. The lowest BCUT2D eigenvalue weighted by atomic mass is 9.98. The van der Waals surface area contributed by atoms with E-state index in [2.05, 4.69) is 29.4 Å². The van der Waals surface area contributed by atoms with Gasteiger partial charge in [0, 0.05) is 23.9 Å². The Bertz CT molecular complexity index is 466. The summed E-state index contributed by atoms with van der Waals surface area (Å²) in [6.45, 7) is 2.80. The maximum atomic E-state index is 12.1. The molecule has 0 saturated carbocycles. The van der Waals surface area contributed by atoms with Crippen molar-refractivity contribution in [2.45, 2.75) is 25.0 Å². The molecule has 1 heterocycles. The highest BCUT2D eigenvalue weighted by molar-refractivity contribution is 7.98. The number of thioether (sulfide) groups is 1. The third kappa shape index (κ3) is 6.19. The lowest BCUT2D eigenvalue weighted by molar-refractivity contribution is -0.126. The molecule has 5 heteroatoms. The first-order valence-electron chi connectivity index (χ1n) is 7.93. The summed E-state index contributed by atoms with van der Waals surface area (Å²) >= 11 is 7.76. The van der Waals surface area contributed by atoms with Crippen LogP contribution in [0.5, 0.6) is 0 Å². The third-order valence-corrected chi connectivity index (χ3v) is 5.31. The minimum absolute atomic E-state index is 0.181. The van der Waals surface area contributed by atoms with Gasteiger partial charge in [-0.25, -0.2) is 0 Å². The SMILES string of the molecule is CN1CCCC(C(=O)NCCCSCc2ccc(Cl)cc2)C1. The predicted molar refractivity (Wildman–Crippen MR) is 95.5 cm³/mol. The van der Waals surface area contributed by atoms with Gasteiger partial charge < -0.3 is 10.2 Å². The smallest absolute Gasteiger partial charge is 0.224 e. The molecular weight excluding hydrogens is 316 g/mol. The van der Waals surface area contributed by atoms with Crippen molar-refractivity contribution in [3.05, 3.63) is 34.9 Å². The summed E-state index contributed by atoms with van der Waals surface area (Å²) in [6.07, 6.45) is 3.18. The number of likely N-dealkylation sites (tertiary alicyclic amines) is 1. The van der Waals surface area contributed by atoms with E-state index in [0.29, 0.717) is 0 Å². The number of carbonyl (C=O) groups is 1. The van der Waals surface area contributed by atoms with Crippen LogP contribution in [-0.2, 0) is 10.5 Å². The molecule has 1 atom stereocenters. The summed E-state index contributed by atoms with van der Waals surface area (Å²) in [4.78, 5) is 14.3. The Morgan fingerprint density at radius 1 is 1.41 bits per heavy atom. The molecule has 1 aliphatic rings. The van der Waals surface area contributed by atoms with Gasteiger partial charge in [-0.1, -0.05) is 23.7 Å². The summed E-state index contributed by atoms with van der Waals surface area (Å²) in [5.41, 5.74) is 1.30. The normalized spacial score (nSPS) is 19.1. The molecule has 1 amide bonds. The van der Waals surface area contributed by atoms with Crippen LogP contribution in [0.2, 0.25) is 5.02 Å². The molecular formula is C17H25ClN2OS. The van der Waals surface area contributed by atoms with Crippen molar-refractivity contribution in [3.63, 3.8) is 0 Å². The number of carbonyl (C=O) groups excluding carboxylic acids is 1. The van der Waals surface area contributed by atoms with Crippen molar-refractivity contribution in [2.75, 3.05) is 32.4 Å². The van der Waals surface area contributed by atoms with Gasteiger partial charge in [-0.15, -0.1) is 0 Å².